The van der Waals surface area contributed by atoms with Crippen LogP contribution in [0, 0.1) is 6.92 Å². The zero-order valence-electron chi connectivity index (χ0n) is 9.87. The monoisotopic (exact) mass is 291 g/mol. The average Bonchev–Trinajstić information content (AvgIpc) is 2.28. The van der Waals surface area contributed by atoms with Gasteiger partial charge in [0.2, 0.25) is 0 Å². The van der Waals surface area contributed by atoms with Crippen LogP contribution in [0.2, 0.25) is 0 Å². The number of hydrogen-bond acceptors (Lipinski definition) is 3. The molecule has 0 aliphatic carbocycles. The predicted molar refractivity (Wildman–Crippen MR) is 73.6 cm³/mol. The van der Waals surface area contributed by atoms with Crippen molar-refractivity contribution in [2.45, 2.75) is 20.3 Å². The van der Waals surface area contributed by atoms with E-state index >= 15 is 0 Å². The van der Waals surface area contributed by atoms with Gasteiger partial charge in [0, 0.05) is 11.8 Å². The summed E-state index contributed by atoms with van der Waals surface area (Å²) in [6.45, 7) is 4.02. The van der Waals surface area contributed by atoms with Gasteiger partial charge in [-0.3, -0.25) is 0 Å². The molecule has 17 heavy (non-hydrogen) atoms. The molecule has 88 valence electrons. The van der Waals surface area contributed by atoms with Crippen LogP contribution in [0.5, 0.6) is 0 Å². The number of rotatable bonds is 3. The lowest BCUT2D eigenvalue weighted by molar-refractivity contribution is 1.04. The highest BCUT2D eigenvalue weighted by Gasteiger charge is 2.00. The van der Waals surface area contributed by atoms with E-state index in [1.54, 1.807) is 0 Å². The fraction of sp³-hybridized carbons (Fsp3) is 0.231. The summed E-state index contributed by atoms with van der Waals surface area (Å²) in [5, 5.41) is 3.26. The highest BCUT2D eigenvalue weighted by Crippen LogP contribution is 2.18. The molecular formula is C13H14BrN3. The van der Waals surface area contributed by atoms with Crippen molar-refractivity contribution < 1.29 is 0 Å². The van der Waals surface area contributed by atoms with Crippen molar-refractivity contribution in [1.82, 2.24) is 9.97 Å². The number of benzene rings is 1. The minimum absolute atomic E-state index is 0.743. The van der Waals surface area contributed by atoms with Crippen LogP contribution in [0.1, 0.15) is 18.3 Å². The first-order valence-corrected chi connectivity index (χ1v) is 6.34. The van der Waals surface area contributed by atoms with Crippen LogP contribution in [0.3, 0.4) is 0 Å². The van der Waals surface area contributed by atoms with Crippen LogP contribution >= 0.6 is 15.9 Å². The largest absolute Gasteiger partial charge is 0.340 e. The minimum Gasteiger partial charge on any atom is -0.340 e. The van der Waals surface area contributed by atoms with Crippen molar-refractivity contribution in [3.05, 3.63) is 46.3 Å². The molecule has 0 saturated heterocycles. The standard InChI is InChI=1S/C13H14BrN3/c1-3-10-4-6-11(7-5-10)17-13-8-12(14)15-9(2)16-13/h4-8H,3H2,1-2H3,(H,15,16,17). The lowest BCUT2D eigenvalue weighted by Gasteiger charge is -2.07. The van der Waals surface area contributed by atoms with E-state index in [0.717, 1.165) is 28.4 Å². The third-order valence-corrected chi connectivity index (χ3v) is 2.85. The first-order chi connectivity index (χ1) is 8.17. The Morgan fingerprint density at radius 1 is 1.18 bits per heavy atom. The van der Waals surface area contributed by atoms with Crippen LogP contribution in [0.15, 0.2) is 34.9 Å². The Balaban J connectivity index is 2.19. The molecule has 0 bridgehead atoms. The van der Waals surface area contributed by atoms with E-state index in [1.165, 1.54) is 5.56 Å². The molecule has 2 rings (SSSR count). The Bertz CT molecular complexity index is 488. The molecule has 0 unspecified atom stereocenters. The molecule has 1 aromatic heterocycles. The zero-order valence-corrected chi connectivity index (χ0v) is 11.5. The summed E-state index contributed by atoms with van der Waals surface area (Å²) in [7, 11) is 0. The molecule has 1 heterocycles. The zero-order chi connectivity index (χ0) is 12.3. The van der Waals surface area contributed by atoms with Crippen LogP contribution < -0.4 is 5.32 Å². The highest BCUT2D eigenvalue weighted by molar-refractivity contribution is 9.10. The Morgan fingerprint density at radius 3 is 2.47 bits per heavy atom. The van der Waals surface area contributed by atoms with Crippen LogP contribution in [0.25, 0.3) is 0 Å². The SMILES string of the molecule is CCc1ccc(Nc2cc(Br)nc(C)n2)cc1. The number of halogens is 1. The van der Waals surface area contributed by atoms with E-state index in [2.05, 4.69) is 62.4 Å². The van der Waals surface area contributed by atoms with Gasteiger partial charge in [-0.1, -0.05) is 19.1 Å². The topological polar surface area (TPSA) is 37.8 Å². The van der Waals surface area contributed by atoms with Crippen LogP contribution in [-0.2, 0) is 6.42 Å². The van der Waals surface area contributed by atoms with Crippen molar-refractivity contribution >= 4 is 27.4 Å². The number of anilines is 2. The van der Waals surface area contributed by atoms with Gasteiger partial charge in [0.15, 0.2) is 0 Å². The van der Waals surface area contributed by atoms with Crippen molar-refractivity contribution in [2.24, 2.45) is 0 Å². The maximum Gasteiger partial charge on any atom is 0.135 e. The Labute approximate surface area is 109 Å². The van der Waals surface area contributed by atoms with Gasteiger partial charge in [0.1, 0.15) is 16.2 Å². The lowest BCUT2D eigenvalue weighted by atomic mass is 10.1. The molecule has 0 fully saturated rings. The Kier molecular flexibility index (Phi) is 3.74. The van der Waals surface area contributed by atoms with E-state index in [4.69, 9.17) is 0 Å². The maximum absolute atomic E-state index is 4.32. The number of nitrogens with one attached hydrogen (secondary N) is 1. The van der Waals surface area contributed by atoms with Gasteiger partial charge in [-0.15, -0.1) is 0 Å². The number of hydrogen-bond donors (Lipinski definition) is 1. The third kappa shape index (κ3) is 3.27. The second-order valence-electron chi connectivity index (χ2n) is 3.80. The fourth-order valence-electron chi connectivity index (χ4n) is 1.57. The van der Waals surface area contributed by atoms with Gasteiger partial charge in [-0.05, 0) is 47.0 Å². The summed E-state index contributed by atoms with van der Waals surface area (Å²) < 4.78 is 0.790. The quantitative estimate of drug-likeness (QED) is 0.873. The van der Waals surface area contributed by atoms with Crippen molar-refractivity contribution in [2.75, 3.05) is 5.32 Å². The molecular weight excluding hydrogens is 278 g/mol. The van der Waals surface area contributed by atoms with E-state index in [0.29, 0.717) is 0 Å². The van der Waals surface area contributed by atoms with Crippen molar-refractivity contribution in [3.8, 4) is 0 Å². The fourth-order valence-corrected chi connectivity index (χ4v) is 2.04. The molecule has 0 radical (unpaired) electrons. The minimum atomic E-state index is 0.743. The van der Waals surface area contributed by atoms with Gasteiger partial charge < -0.3 is 5.32 Å². The maximum atomic E-state index is 4.32. The van der Waals surface area contributed by atoms with Crippen LogP contribution in [-0.4, -0.2) is 9.97 Å². The molecule has 3 nitrogen and oxygen atoms in total. The van der Waals surface area contributed by atoms with Gasteiger partial charge in [0.05, 0.1) is 0 Å². The molecule has 0 aliphatic heterocycles. The van der Waals surface area contributed by atoms with Gasteiger partial charge >= 0.3 is 0 Å². The number of aromatic nitrogens is 2. The van der Waals surface area contributed by atoms with Crippen LogP contribution in [0.4, 0.5) is 11.5 Å². The normalized spacial score (nSPS) is 10.3. The summed E-state index contributed by atoms with van der Waals surface area (Å²) in [5.74, 6) is 1.54. The smallest absolute Gasteiger partial charge is 0.135 e. The van der Waals surface area contributed by atoms with Gasteiger partial charge in [0.25, 0.3) is 0 Å². The summed E-state index contributed by atoms with van der Waals surface area (Å²) in [4.78, 5) is 8.49. The molecule has 2 aromatic rings. The second-order valence-corrected chi connectivity index (χ2v) is 4.61. The van der Waals surface area contributed by atoms with Gasteiger partial charge in [-0.25, -0.2) is 9.97 Å². The average molecular weight is 292 g/mol. The Hall–Kier alpha value is -1.42. The predicted octanol–water partition coefficient (Wildman–Crippen LogP) is 3.85. The number of aryl methyl sites for hydroxylation is 2. The second kappa shape index (κ2) is 5.27. The number of nitrogens with zero attached hydrogens (tertiary/aromatic N) is 2. The lowest BCUT2D eigenvalue weighted by Crippen LogP contribution is -1.97. The first-order valence-electron chi connectivity index (χ1n) is 5.54. The van der Waals surface area contributed by atoms with E-state index in [9.17, 15) is 0 Å². The molecule has 0 aliphatic rings. The highest BCUT2D eigenvalue weighted by atomic mass is 79.9. The summed E-state index contributed by atoms with van der Waals surface area (Å²) in [5.41, 5.74) is 2.36. The molecule has 1 aromatic carbocycles. The molecule has 1 N–H and O–H groups in total. The van der Waals surface area contributed by atoms with Gasteiger partial charge in [-0.2, -0.15) is 0 Å². The van der Waals surface area contributed by atoms with E-state index in [1.807, 2.05) is 13.0 Å². The summed E-state index contributed by atoms with van der Waals surface area (Å²) >= 11 is 3.36. The molecule has 0 atom stereocenters. The van der Waals surface area contributed by atoms with E-state index in [-0.39, 0.29) is 0 Å². The van der Waals surface area contributed by atoms with Crippen molar-refractivity contribution in [1.29, 1.82) is 0 Å². The molecule has 0 amide bonds. The summed E-state index contributed by atoms with van der Waals surface area (Å²) in [6.07, 6.45) is 1.05. The first kappa shape index (κ1) is 12.0. The summed E-state index contributed by atoms with van der Waals surface area (Å²) in [6, 6.07) is 10.2. The Morgan fingerprint density at radius 2 is 1.88 bits per heavy atom. The molecule has 0 saturated carbocycles. The molecule has 0 spiro atoms. The van der Waals surface area contributed by atoms with Crippen molar-refractivity contribution in [3.63, 3.8) is 0 Å². The van der Waals surface area contributed by atoms with E-state index < -0.39 is 0 Å². The molecule has 4 heteroatoms. The third-order valence-electron chi connectivity index (χ3n) is 2.44.